The zero-order valence-electron chi connectivity index (χ0n) is 17.2. The molecule has 3 heterocycles. The molecule has 2 aromatic heterocycles. The van der Waals surface area contributed by atoms with Crippen molar-refractivity contribution in [3.8, 4) is 11.6 Å². The summed E-state index contributed by atoms with van der Waals surface area (Å²) in [5, 5.41) is 0. The summed E-state index contributed by atoms with van der Waals surface area (Å²) in [7, 11) is 0. The first-order valence-corrected chi connectivity index (χ1v) is 9.73. The fraction of sp³-hybridized carbons (Fsp3) is 0.190. The standard InChI is InChI=1S/C21H17F3N6O3/c1-2-12-7-15(33-17-5-6-27-19(25)28-17)3-4-16(12)30-18(31)11-29(20(30)32)14-8-13(9-26-10-14)21(22,23)24/h3-10H,2,11H2,1H3,(H2,25,27,28). The highest BCUT2D eigenvalue weighted by atomic mass is 19.4. The van der Waals surface area contributed by atoms with Gasteiger partial charge >= 0.3 is 12.2 Å². The van der Waals surface area contributed by atoms with E-state index in [9.17, 15) is 22.8 Å². The second-order valence-electron chi connectivity index (χ2n) is 7.03. The molecule has 170 valence electrons. The van der Waals surface area contributed by atoms with Gasteiger partial charge < -0.3 is 10.5 Å². The number of nitrogens with two attached hydrogens (primary N) is 1. The SMILES string of the molecule is CCc1cc(Oc2ccnc(N)n2)ccc1N1C(=O)CN(c2cncc(C(F)(F)F)c2)C1=O. The number of rotatable bonds is 5. The lowest BCUT2D eigenvalue weighted by Crippen LogP contribution is -2.33. The molecule has 12 heteroatoms. The molecule has 1 saturated heterocycles. The minimum absolute atomic E-state index is 0.0391. The molecular weight excluding hydrogens is 441 g/mol. The summed E-state index contributed by atoms with van der Waals surface area (Å²) in [6, 6.07) is 6.25. The number of imide groups is 1. The zero-order valence-corrected chi connectivity index (χ0v) is 17.2. The van der Waals surface area contributed by atoms with Gasteiger partial charge in [-0.1, -0.05) is 6.92 Å². The van der Waals surface area contributed by atoms with Gasteiger partial charge in [0.15, 0.2) is 0 Å². The molecule has 4 rings (SSSR count). The molecule has 3 amide bonds. The number of ether oxygens (including phenoxy) is 1. The van der Waals surface area contributed by atoms with E-state index in [1.165, 1.54) is 18.3 Å². The number of alkyl halides is 3. The number of pyridine rings is 1. The van der Waals surface area contributed by atoms with E-state index in [2.05, 4.69) is 15.0 Å². The molecule has 1 aliphatic rings. The van der Waals surface area contributed by atoms with Crippen LogP contribution < -0.4 is 20.3 Å². The summed E-state index contributed by atoms with van der Waals surface area (Å²) >= 11 is 0. The van der Waals surface area contributed by atoms with Gasteiger partial charge in [0.2, 0.25) is 11.8 Å². The van der Waals surface area contributed by atoms with Gasteiger partial charge in [-0.15, -0.1) is 0 Å². The molecule has 0 aliphatic carbocycles. The van der Waals surface area contributed by atoms with Crippen LogP contribution in [-0.2, 0) is 17.4 Å². The Morgan fingerprint density at radius 3 is 2.64 bits per heavy atom. The number of hydrogen-bond acceptors (Lipinski definition) is 7. The maximum absolute atomic E-state index is 13.0. The van der Waals surface area contributed by atoms with Crippen LogP contribution in [0.2, 0.25) is 0 Å². The summed E-state index contributed by atoms with van der Waals surface area (Å²) in [6.07, 6.45) is -0.987. The molecule has 1 aliphatic heterocycles. The van der Waals surface area contributed by atoms with E-state index >= 15 is 0 Å². The number of aromatic nitrogens is 3. The molecule has 0 spiro atoms. The van der Waals surface area contributed by atoms with Crippen molar-refractivity contribution >= 4 is 29.3 Å². The van der Waals surface area contributed by atoms with Gasteiger partial charge in [0, 0.05) is 18.5 Å². The number of nitrogen functional groups attached to an aromatic ring is 1. The van der Waals surface area contributed by atoms with Crippen LogP contribution in [0.1, 0.15) is 18.1 Å². The van der Waals surface area contributed by atoms with E-state index in [-0.39, 0.29) is 17.5 Å². The van der Waals surface area contributed by atoms with Gasteiger partial charge in [-0.2, -0.15) is 18.2 Å². The molecule has 1 fully saturated rings. The fourth-order valence-electron chi connectivity index (χ4n) is 3.33. The third kappa shape index (κ3) is 4.40. The highest BCUT2D eigenvalue weighted by Gasteiger charge is 2.40. The number of aryl methyl sites for hydroxylation is 1. The Morgan fingerprint density at radius 1 is 1.15 bits per heavy atom. The summed E-state index contributed by atoms with van der Waals surface area (Å²) in [5.41, 5.74) is 5.33. The van der Waals surface area contributed by atoms with Crippen LogP contribution in [0.25, 0.3) is 0 Å². The highest BCUT2D eigenvalue weighted by molar-refractivity contribution is 6.27. The van der Waals surface area contributed by atoms with Crippen LogP contribution >= 0.6 is 0 Å². The molecule has 0 radical (unpaired) electrons. The van der Waals surface area contributed by atoms with Crippen LogP contribution in [0.4, 0.5) is 35.3 Å². The molecule has 0 unspecified atom stereocenters. The summed E-state index contributed by atoms with van der Waals surface area (Å²) in [5.74, 6) is 0.0715. The summed E-state index contributed by atoms with van der Waals surface area (Å²) in [6.45, 7) is 1.41. The van der Waals surface area contributed by atoms with Crippen molar-refractivity contribution < 1.29 is 27.5 Å². The van der Waals surface area contributed by atoms with Crippen LogP contribution in [0.3, 0.4) is 0 Å². The van der Waals surface area contributed by atoms with E-state index in [0.29, 0.717) is 29.6 Å². The van der Waals surface area contributed by atoms with E-state index in [0.717, 1.165) is 22.1 Å². The molecular formula is C21H17F3N6O3. The summed E-state index contributed by atoms with van der Waals surface area (Å²) in [4.78, 5) is 38.9. The van der Waals surface area contributed by atoms with E-state index < -0.39 is 30.2 Å². The zero-order chi connectivity index (χ0) is 23.8. The normalized spacial score (nSPS) is 14.2. The number of amides is 3. The second kappa shape index (κ2) is 8.37. The Morgan fingerprint density at radius 2 is 1.94 bits per heavy atom. The van der Waals surface area contributed by atoms with Crippen LogP contribution in [0, 0.1) is 0 Å². The number of benzene rings is 1. The quantitative estimate of drug-likeness (QED) is 0.579. The first kappa shape index (κ1) is 22.0. The average molecular weight is 458 g/mol. The monoisotopic (exact) mass is 458 g/mol. The van der Waals surface area contributed by atoms with Crippen molar-refractivity contribution in [2.45, 2.75) is 19.5 Å². The number of nitrogens with zero attached hydrogens (tertiary/aromatic N) is 5. The number of halogens is 3. The third-order valence-corrected chi connectivity index (χ3v) is 4.87. The first-order chi connectivity index (χ1) is 15.7. The second-order valence-corrected chi connectivity index (χ2v) is 7.03. The maximum Gasteiger partial charge on any atom is 0.417 e. The van der Waals surface area contributed by atoms with E-state index in [1.54, 1.807) is 12.1 Å². The first-order valence-electron chi connectivity index (χ1n) is 9.73. The van der Waals surface area contributed by atoms with Crippen molar-refractivity contribution in [3.05, 3.63) is 60.0 Å². The number of anilines is 3. The highest BCUT2D eigenvalue weighted by Crippen LogP contribution is 2.34. The maximum atomic E-state index is 13.0. The van der Waals surface area contributed by atoms with Crippen molar-refractivity contribution in [2.75, 3.05) is 22.1 Å². The molecule has 0 bridgehead atoms. The van der Waals surface area contributed by atoms with Gasteiger partial charge in [0.25, 0.3) is 5.91 Å². The largest absolute Gasteiger partial charge is 0.439 e. The predicted molar refractivity (Wildman–Crippen MR) is 112 cm³/mol. The molecule has 33 heavy (non-hydrogen) atoms. The molecule has 1 aromatic carbocycles. The van der Waals surface area contributed by atoms with E-state index in [4.69, 9.17) is 10.5 Å². The van der Waals surface area contributed by atoms with Crippen LogP contribution in [-0.4, -0.2) is 33.4 Å². The van der Waals surface area contributed by atoms with Gasteiger partial charge in [-0.3, -0.25) is 14.7 Å². The van der Waals surface area contributed by atoms with Crippen LogP contribution in [0.15, 0.2) is 48.9 Å². The van der Waals surface area contributed by atoms with Gasteiger partial charge in [0.05, 0.1) is 23.1 Å². The molecule has 0 saturated carbocycles. The van der Waals surface area contributed by atoms with Crippen molar-refractivity contribution in [3.63, 3.8) is 0 Å². The Hall–Kier alpha value is -4.22. The number of urea groups is 1. The van der Waals surface area contributed by atoms with Crippen molar-refractivity contribution in [2.24, 2.45) is 0 Å². The average Bonchev–Trinajstić information content (AvgIpc) is 3.07. The smallest absolute Gasteiger partial charge is 0.417 e. The number of carbonyl (C=O) groups excluding carboxylic acids is 2. The third-order valence-electron chi connectivity index (χ3n) is 4.87. The van der Waals surface area contributed by atoms with Crippen molar-refractivity contribution in [1.82, 2.24) is 15.0 Å². The van der Waals surface area contributed by atoms with Crippen molar-refractivity contribution in [1.29, 1.82) is 0 Å². The Labute approximate surface area is 185 Å². The van der Waals surface area contributed by atoms with Gasteiger partial charge in [-0.05, 0) is 36.2 Å². The topological polar surface area (TPSA) is 115 Å². The Balaban J connectivity index is 1.62. The summed E-state index contributed by atoms with van der Waals surface area (Å²) < 4.78 is 44.8. The Bertz CT molecular complexity index is 1230. The molecule has 3 aromatic rings. The van der Waals surface area contributed by atoms with Crippen LogP contribution in [0.5, 0.6) is 11.6 Å². The lowest BCUT2D eigenvalue weighted by Gasteiger charge is -2.20. The van der Waals surface area contributed by atoms with E-state index in [1.807, 2.05) is 6.92 Å². The minimum atomic E-state index is -4.63. The molecule has 2 N–H and O–H groups in total. The lowest BCUT2D eigenvalue weighted by atomic mass is 10.1. The van der Waals surface area contributed by atoms with Gasteiger partial charge in [-0.25, -0.2) is 14.7 Å². The molecule has 0 atom stereocenters. The fourth-order valence-corrected chi connectivity index (χ4v) is 3.33. The number of carbonyl (C=O) groups is 2. The lowest BCUT2D eigenvalue weighted by molar-refractivity contribution is -0.137. The Kier molecular flexibility index (Phi) is 5.58. The predicted octanol–water partition coefficient (Wildman–Crippen LogP) is 3.80. The molecule has 9 nitrogen and oxygen atoms in total. The minimum Gasteiger partial charge on any atom is -0.439 e. The van der Waals surface area contributed by atoms with Gasteiger partial charge in [0.1, 0.15) is 12.3 Å². The number of hydrogen-bond donors (Lipinski definition) is 1.